The van der Waals surface area contributed by atoms with Crippen molar-refractivity contribution in [1.29, 1.82) is 0 Å². The molecular weight excluding hydrogens is 550 g/mol. The molecule has 0 saturated heterocycles. The van der Waals surface area contributed by atoms with Crippen LogP contribution in [0.25, 0.3) is 0 Å². The Hall–Kier alpha value is -3.56. The average Bonchev–Trinajstić information content (AvgIpc) is 2.95. The zero-order chi connectivity index (χ0) is 29.3. The third kappa shape index (κ3) is 7.76. The van der Waals surface area contributed by atoms with Crippen LogP contribution in [0, 0.1) is 6.92 Å². The lowest BCUT2D eigenvalue weighted by Crippen LogP contribution is -2.51. The molecule has 3 aromatic rings. The quantitative estimate of drug-likeness (QED) is 0.279. The molecule has 0 aliphatic heterocycles. The van der Waals surface area contributed by atoms with Crippen molar-refractivity contribution in [3.8, 4) is 5.75 Å². The molecule has 214 valence electrons. The second kappa shape index (κ2) is 14.2. The van der Waals surface area contributed by atoms with Gasteiger partial charge in [-0.05, 0) is 56.2 Å². The summed E-state index contributed by atoms with van der Waals surface area (Å²) in [4.78, 5) is 28.4. The number of carbonyl (C=O) groups excluding carboxylic acids is 2. The number of hydrogen-bond acceptors (Lipinski definition) is 5. The molecule has 0 aliphatic carbocycles. The number of anilines is 1. The summed E-state index contributed by atoms with van der Waals surface area (Å²) >= 11 is 6.40. The van der Waals surface area contributed by atoms with Gasteiger partial charge in [0, 0.05) is 24.2 Å². The maximum absolute atomic E-state index is 14.0. The summed E-state index contributed by atoms with van der Waals surface area (Å²) in [6.45, 7) is 5.47. The van der Waals surface area contributed by atoms with Crippen LogP contribution in [-0.4, -0.2) is 51.4 Å². The Balaban J connectivity index is 2.03. The van der Waals surface area contributed by atoms with E-state index in [1.165, 1.54) is 24.1 Å². The second-order valence-electron chi connectivity index (χ2n) is 9.46. The molecule has 0 aromatic heterocycles. The summed E-state index contributed by atoms with van der Waals surface area (Å²) in [6.07, 6.45) is 1.71. The van der Waals surface area contributed by atoms with E-state index in [9.17, 15) is 18.0 Å². The Kier molecular flexibility index (Phi) is 11.0. The molecule has 40 heavy (non-hydrogen) atoms. The molecule has 1 N–H and O–H groups in total. The molecule has 0 spiro atoms. The number of hydrogen-bond donors (Lipinski definition) is 1. The van der Waals surface area contributed by atoms with Crippen molar-refractivity contribution in [1.82, 2.24) is 10.2 Å². The zero-order valence-electron chi connectivity index (χ0n) is 23.3. The number of amides is 2. The molecular formula is C30H36ClN3O5S. The standard InChI is InChI=1S/C30H36ClN3O5S/c1-5-6-18-32-30(36)23(3)33(20-24-10-7-8-13-28(24)31)29(35)21-34(25-11-9-12-26(19-25)39-4)40(37,38)27-16-14-22(2)15-17-27/h7-17,19,23H,5-6,18,20-21H2,1-4H3,(H,32,36)/t23-/m0/s1. The first kappa shape index (κ1) is 31.0. The first-order chi connectivity index (χ1) is 19.1. The number of halogens is 1. The van der Waals surface area contributed by atoms with Gasteiger partial charge >= 0.3 is 0 Å². The van der Waals surface area contributed by atoms with Crippen LogP contribution in [0.2, 0.25) is 5.02 Å². The minimum atomic E-state index is -4.17. The molecule has 0 bridgehead atoms. The molecule has 0 radical (unpaired) electrons. The summed E-state index contributed by atoms with van der Waals surface area (Å²) in [7, 11) is -2.69. The van der Waals surface area contributed by atoms with E-state index in [2.05, 4.69) is 5.32 Å². The molecule has 0 saturated carbocycles. The number of ether oxygens (including phenoxy) is 1. The van der Waals surface area contributed by atoms with Crippen molar-refractivity contribution >= 4 is 39.1 Å². The van der Waals surface area contributed by atoms with E-state index in [-0.39, 0.29) is 23.0 Å². The summed E-state index contributed by atoms with van der Waals surface area (Å²) in [5, 5.41) is 3.31. The maximum Gasteiger partial charge on any atom is 0.264 e. The molecule has 3 rings (SSSR count). The van der Waals surface area contributed by atoms with Crippen LogP contribution >= 0.6 is 11.6 Å². The van der Waals surface area contributed by atoms with Crippen molar-refractivity contribution in [3.05, 3.63) is 88.9 Å². The Morgan fingerprint density at radius 3 is 2.38 bits per heavy atom. The summed E-state index contributed by atoms with van der Waals surface area (Å²) in [6, 6.07) is 19.1. The van der Waals surface area contributed by atoms with Gasteiger partial charge in [-0.2, -0.15) is 0 Å². The highest BCUT2D eigenvalue weighted by atomic mass is 35.5. The van der Waals surface area contributed by atoms with Crippen LogP contribution in [0.3, 0.4) is 0 Å². The number of aryl methyl sites for hydroxylation is 1. The van der Waals surface area contributed by atoms with E-state index in [0.717, 1.165) is 22.7 Å². The molecule has 0 fully saturated rings. The molecule has 3 aromatic carbocycles. The smallest absolute Gasteiger partial charge is 0.264 e. The molecule has 1 atom stereocenters. The summed E-state index contributed by atoms with van der Waals surface area (Å²) in [5.41, 5.74) is 1.79. The van der Waals surface area contributed by atoms with Gasteiger partial charge in [0.2, 0.25) is 11.8 Å². The largest absolute Gasteiger partial charge is 0.497 e. The van der Waals surface area contributed by atoms with Crippen LogP contribution in [0.1, 0.15) is 37.8 Å². The van der Waals surface area contributed by atoms with E-state index in [4.69, 9.17) is 16.3 Å². The van der Waals surface area contributed by atoms with Crippen molar-refractivity contribution in [3.63, 3.8) is 0 Å². The Morgan fingerprint density at radius 1 is 1.02 bits per heavy atom. The first-order valence-electron chi connectivity index (χ1n) is 13.1. The lowest BCUT2D eigenvalue weighted by molar-refractivity contribution is -0.139. The SMILES string of the molecule is CCCCNC(=O)[C@H](C)N(Cc1ccccc1Cl)C(=O)CN(c1cccc(OC)c1)S(=O)(=O)c1ccc(C)cc1. The molecule has 2 amide bonds. The normalized spacial score (nSPS) is 11.9. The monoisotopic (exact) mass is 585 g/mol. The van der Waals surface area contributed by atoms with Gasteiger partial charge in [-0.3, -0.25) is 13.9 Å². The highest BCUT2D eigenvalue weighted by Gasteiger charge is 2.33. The zero-order valence-corrected chi connectivity index (χ0v) is 24.8. The van der Waals surface area contributed by atoms with Crippen LogP contribution < -0.4 is 14.4 Å². The maximum atomic E-state index is 14.0. The fraction of sp³-hybridized carbons (Fsp3) is 0.333. The number of carbonyl (C=O) groups is 2. The summed E-state index contributed by atoms with van der Waals surface area (Å²) < 4.78 is 34.2. The van der Waals surface area contributed by atoms with Crippen molar-refractivity contribution in [2.24, 2.45) is 0 Å². The fourth-order valence-electron chi connectivity index (χ4n) is 4.06. The van der Waals surface area contributed by atoms with Gasteiger partial charge < -0.3 is 15.0 Å². The van der Waals surface area contributed by atoms with Crippen molar-refractivity contribution in [2.75, 3.05) is 24.5 Å². The van der Waals surface area contributed by atoms with E-state index >= 15 is 0 Å². The van der Waals surface area contributed by atoms with E-state index < -0.39 is 28.5 Å². The van der Waals surface area contributed by atoms with E-state index in [1.54, 1.807) is 67.6 Å². The van der Waals surface area contributed by atoms with Gasteiger partial charge in [-0.1, -0.05) is 66.9 Å². The molecule has 0 unspecified atom stereocenters. The number of unbranched alkanes of at least 4 members (excludes halogenated alkanes) is 1. The minimum absolute atomic E-state index is 0.0252. The van der Waals surface area contributed by atoms with E-state index in [0.29, 0.717) is 22.9 Å². The second-order valence-corrected chi connectivity index (χ2v) is 11.7. The molecule has 8 nitrogen and oxygen atoms in total. The molecule has 0 aliphatic rings. The van der Waals surface area contributed by atoms with Crippen molar-refractivity contribution < 1.29 is 22.7 Å². The Bertz CT molecular complexity index is 1410. The molecule has 10 heteroatoms. The number of benzene rings is 3. The van der Waals surface area contributed by atoms with Gasteiger partial charge in [0.15, 0.2) is 0 Å². The third-order valence-corrected chi connectivity index (χ3v) is 8.68. The lowest BCUT2D eigenvalue weighted by Gasteiger charge is -2.32. The van der Waals surface area contributed by atoms with Gasteiger partial charge in [0.05, 0.1) is 17.7 Å². The third-order valence-electron chi connectivity index (χ3n) is 6.52. The highest BCUT2D eigenvalue weighted by Crippen LogP contribution is 2.28. The number of sulfonamides is 1. The summed E-state index contributed by atoms with van der Waals surface area (Å²) in [5.74, 6) is -0.453. The van der Waals surface area contributed by atoms with Gasteiger partial charge in [-0.15, -0.1) is 0 Å². The van der Waals surface area contributed by atoms with Gasteiger partial charge in [-0.25, -0.2) is 8.42 Å². The van der Waals surface area contributed by atoms with Crippen LogP contribution in [0.15, 0.2) is 77.7 Å². The Labute approximate surface area is 241 Å². The number of nitrogens with zero attached hydrogens (tertiary/aromatic N) is 2. The average molecular weight is 586 g/mol. The predicted molar refractivity (Wildman–Crippen MR) is 158 cm³/mol. The topological polar surface area (TPSA) is 96.0 Å². The van der Waals surface area contributed by atoms with Crippen molar-refractivity contribution in [2.45, 2.75) is 51.1 Å². The fourth-order valence-corrected chi connectivity index (χ4v) is 5.66. The lowest BCUT2D eigenvalue weighted by atomic mass is 10.1. The number of nitrogens with one attached hydrogen (secondary N) is 1. The number of rotatable bonds is 13. The minimum Gasteiger partial charge on any atom is -0.497 e. The Morgan fingerprint density at radius 2 is 1.73 bits per heavy atom. The highest BCUT2D eigenvalue weighted by molar-refractivity contribution is 7.92. The van der Waals surface area contributed by atoms with Crippen LogP contribution in [0.4, 0.5) is 5.69 Å². The predicted octanol–water partition coefficient (Wildman–Crippen LogP) is 5.19. The van der Waals surface area contributed by atoms with Gasteiger partial charge in [0.25, 0.3) is 10.0 Å². The number of methoxy groups -OCH3 is 1. The van der Waals surface area contributed by atoms with Gasteiger partial charge in [0.1, 0.15) is 18.3 Å². The molecule has 0 heterocycles. The van der Waals surface area contributed by atoms with E-state index in [1.807, 2.05) is 13.8 Å². The van der Waals surface area contributed by atoms with Crippen LogP contribution in [-0.2, 0) is 26.2 Å². The first-order valence-corrected chi connectivity index (χ1v) is 14.9. The van der Waals surface area contributed by atoms with Crippen LogP contribution in [0.5, 0.6) is 5.75 Å².